The van der Waals surface area contributed by atoms with Crippen molar-refractivity contribution >= 4 is 0 Å². The molecule has 1 atom stereocenters. The van der Waals surface area contributed by atoms with E-state index in [1.54, 1.807) is 6.07 Å². The van der Waals surface area contributed by atoms with Crippen LogP contribution < -0.4 is 5.32 Å². The van der Waals surface area contributed by atoms with Crippen LogP contribution in [0.25, 0.3) is 11.1 Å². The van der Waals surface area contributed by atoms with Crippen LogP contribution in [0.4, 0.5) is 8.78 Å². The Balaban J connectivity index is 1.86. The van der Waals surface area contributed by atoms with Crippen molar-refractivity contribution in [3.05, 3.63) is 59.7 Å². The van der Waals surface area contributed by atoms with Crippen molar-refractivity contribution in [2.45, 2.75) is 19.1 Å². The molecule has 21 heavy (non-hydrogen) atoms. The van der Waals surface area contributed by atoms with Gasteiger partial charge in [-0.25, -0.2) is 8.78 Å². The zero-order chi connectivity index (χ0) is 14.7. The summed E-state index contributed by atoms with van der Waals surface area (Å²) in [6.07, 6.45) is 1.17. The van der Waals surface area contributed by atoms with Gasteiger partial charge >= 0.3 is 0 Å². The quantitative estimate of drug-likeness (QED) is 0.930. The van der Waals surface area contributed by atoms with Crippen molar-refractivity contribution in [1.82, 2.24) is 5.32 Å². The smallest absolute Gasteiger partial charge is 0.131 e. The van der Waals surface area contributed by atoms with E-state index in [2.05, 4.69) is 5.32 Å². The third kappa shape index (κ3) is 3.28. The molecule has 2 aromatic rings. The van der Waals surface area contributed by atoms with Gasteiger partial charge in [-0.3, -0.25) is 0 Å². The molecule has 1 N–H and O–H groups in total. The second kappa shape index (κ2) is 6.33. The Kier molecular flexibility index (Phi) is 4.27. The fraction of sp³-hybridized carbons (Fsp3) is 0.294. The first-order valence-electron chi connectivity index (χ1n) is 7.09. The second-order valence-corrected chi connectivity index (χ2v) is 5.21. The molecule has 0 aromatic heterocycles. The van der Waals surface area contributed by atoms with Crippen molar-refractivity contribution in [1.29, 1.82) is 0 Å². The van der Waals surface area contributed by atoms with Gasteiger partial charge in [0.1, 0.15) is 11.6 Å². The van der Waals surface area contributed by atoms with Crippen molar-refractivity contribution in [2.24, 2.45) is 0 Å². The van der Waals surface area contributed by atoms with Gasteiger partial charge in [-0.1, -0.05) is 24.3 Å². The second-order valence-electron chi connectivity index (χ2n) is 5.21. The molecule has 110 valence electrons. The SMILES string of the molecule is Fc1ccc(F)c(-c2ccccc2COC2CCNC2)c1. The minimum atomic E-state index is -0.442. The van der Waals surface area contributed by atoms with Crippen LogP contribution in [0.2, 0.25) is 0 Å². The lowest BCUT2D eigenvalue weighted by Crippen LogP contribution is -2.16. The molecule has 2 aromatic carbocycles. The lowest BCUT2D eigenvalue weighted by atomic mass is 9.99. The van der Waals surface area contributed by atoms with E-state index >= 15 is 0 Å². The average Bonchev–Trinajstić information content (AvgIpc) is 3.01. The summed E-state index contributed by atoms with van der Waals surface area (Å²) in [5.74, 6) is -0.867. The molecule has 0 saturated carbocycles. The van der Waals surface area contributed by atoms with E-state index in [1.807, 2.05) is 18.2 Å². The molecule has 2 nitrogen and oxygen atoms in total. The predicted octanol–water partition coefficient (Wildman–Crippen LogP) is 3.51. The summed E-state index contributed by atoms with van der Waals surface area (Å²) in [6, 6.07) is 10.9. The Hall–Kier alpha value is -1.78. The van der Waals surface area contributed by atoms with Gasteiger partial charge in [0, 0.05) is 12.1 Å². The van der Waals surface area contributed by atoms with Crippen LogP contribution in [-0.2, 0) is 11.3 Å². The molecule has 1 fully saturated rings. The first-order chi connectivity index (χ1) is 10.2. The fourth-order valence-corrected chi connectivity index (χ4v) is 2.59. The Morgan fingerprint density at radius 2 is 1.95 bits per heavy atom. The monoisotopic (exact) mass is 289 g/mol. The highest BCUT2D eigenvalue weighted by atomic mass is 19.1. The van der Waals surface area contributed by atoms with Crippen molar-refractivity contribution in [3.8, 4) is 11.1 Å². The zero-order valence-electron chi connectivity index (χ0n) is 11.6. The Morgan fingerprint density at radius 1 is 1.10 bits per heavy atom. The molecule has 0 radical (unpaired) electrons. The van der Waals surface area contributed by atoms with Crippen LogP contribution in [0.5, 0.6) is 0 Å². The van der Waals surface area contributed by atoms with E-state index < -0.39 is 11.6 Å². The molecule has 4 heteroatoms. The lowest BCUT2D eigenvalue weighted by molar-refractivity contribution is 0.0545. The minimum absolute atomic E-state index is 0.190. The highest BCUT2D eigenvalue weighted by Crippen LogP contribution is 2.28. The summed E-state index contributed by atoms with van der Waals surface area (Å²) >= 11 is 0. The Bertz CT molecular complexity index is 624. The summed E-state index contributed by atoms with van der Waals surface area (Å²) in [5, 5.41) is 3.24. The molecular formula is C17H17F2NO. The maximum atomic E-state index is 14.0. The molecule has 0 bridgehead atoms. The lowest BCUT2D eigenvalue weighted by Gasteiger charge is -2.14. The highest BCUT2D eigenvalue weighted by molar-refractivity contribution is 5.67. The molecule has 1 unspecified atom stereocenters. The first kappa shape index (κ1) is 14.2. The van der Waals surface area contributed by atoms with E-state index in [9.17, 15) is 8.78 Å². The summed E-state index contributed by atoms with van der Waals surface area (Å²) in [7, 11) is 0. The van der Waals surface area contributed by atoms with E-state index in [0.29, 0.717) is 12.2 Å². The molecular weight excluding hydrogens is 272 g/mol. The number of benzene rings is 2. The van der Waals surface area contributed by atoms with Gasteiger partial charge in [0.15, 0.2) is 0 Å². The molecule has 1 saturated heterocycles. The van der Waals surface area contributed by atoms with Gasteiger partial charge in [-0.2, -0.15) is 0 Å². The summed E-state index contributed by atoms with van der Waals surface area (Å²) in [5.41, 5.74) is 1.83. The Labute approximate surface area is 122 Å². The third-order valence-corrected chi connectivity index (χ3v) is 3.73. The number of hydrogen-bond acceptors (Lipinski definition) is 2. The molecule has 1 aliphatic heterocycles. The van der Waals surface area contributed by atoms with Gasteiger partial charge in [0.05, 0.1) is 12.7 Å². The van der Waals surface area contributed by atoms with Crippen LogP contribution >= 0.6 is 0 Å². The molecule has 3 rings (SSSR count). The number of rotatable bonds is 4. The third-order valence-electron chi connectivity index (χ3n) is 3.73. The van der Waals surface area contributed by atoms with E-state index in [4.69, 9.17) is 4.74 Å². The first-order valence-corrected chi connectivity index (χ1v) is 7.09. The zero-order valence-corrected chi connectivity index (χ0v) is 11.6. The number of ether oxygens (including phenoxy) is 1. The standard InChI is InChI=1S/C17H17F2NO/c18-13-5-6-17(19)16(9-13)15-4-2-1-3-12(15)11-21-14-7-8-20-10-14/h1-6,9,14,20H,7-8,10-11H2. The fourth-order valence-electron chi connectivity index (χ4n) is 2.59. The predicted molar refractivity (Wildman–Crippen MR) is 77.9 cm³/mol. The van der Waals surface area contributed by atoms with Crippen LogP contribution in [0.15, 0.2) is 42.5 Å². The van der Waals surface area contributed by atoms with Gasteiger partial charge in [-0.05, 0) is 42.3 Å². The van der Waals surface area contributed by atoms with Crippen LogP contribution in [0.3, 0.4) is 0 Å². The normalized spacial score (nSPS) is 18.1. The van der Waals surface area contributed by atoms with Crippen LogP contribution in [0.1, 0.15) is 12.0 Å². The maximum absolute atomic E-state index is 14.0. The maximum Gasteiger partial charge on any atom is 0.131 e. The van der Waals surface area contributed by atoms with Crippen LogP contribution in [-0.4, -0.2) is 19.2 Å². The molecule has 1 aliphatic rings. The summed E-state index contributed by atoms with van der Waals surface area (Å²) < 4.78 is 33.2. The Morgan fingerprint density at radius 3 is 2.76 bits per heavy atom. The van der Waals surface area contributed by atoms with Gasteiger partial charge in [-0.15, -0.1) is 0 Å². The largest absolute Gasteiger partial charge is 0.372 e. The number of hydrogen-bond donors (Lipinski definition) is 1. The van der Waals surface area contributed by atoms with Gasteiger partial charge < -0.3 is 10.1 Å². The van der Waals surface area contributed by atoms with E-state index in [-0.39, 0.29) is 11.7 Å². The average molecular weight is 289 g/mol. The van der Waals surface area contributed by atoms with Gasteiger partial charge in [0.25, 0.3) is 0 Å². The van der Waals surface area contributed by atoms with E-state index in [1.165, 1.54) is 6.07 Å². The van der Waals surface area contributed by atoms with Crippen LogP contribution in [0, 0.1) is 11.6 Å². The van der Waals surface area contributed by atoms with E-state index in [0.717, 1.165) is 37.2 Å². The molecule has 1 heterocycles. The van der Waals surface area contributed by atoms with Crippen molar-refractivity contribution in [2.75, 3.05) is 13.1 Å². The molecule has 0 aliphatic carbocycles. The molecule has 0 amide bonds. The number of halogens is 2. The topological polar surface area (TPSA) is 21.3 Å². The minimum Gasteiger partial charge on any atom is -0.372 e. The van der Waals surface area contributed by atoms with Gasteiger partial charge in [0.2, 0.25) is 0 Å². The summed E-state index contributed by atoms with van der Waals surface area (Å²) in [6.45, 7) is 2.21. The van der Waals surface area contributed by atoms with Crippen molar-refractivity contribution in [3.63, 3.8) is 0 Å². The summed E-state index contributed by atoms with van der Waals surface area (Å²) in [4.78, 5) is 0. The number of nitrogens with one attached hydrogen (secondary N) is 1. The van der Waals surface area contributed by atoms with Crippen molar-refractivity contribution < 1.29 is 13.5 Å². The molecule has 0 spiro atoms. The highest BCUT2D eigenvalue weighted by Gasteiger charge is 2.16.